The summed E-state index contributed by atoms with van der Waals surface area (Å²) in [6.07, 6.45) is 0.856. The van der Waals surface area contributed by atoms with Crippen LogP contribution in [0.3, 0.4) is 0 Å². The molecular weight excluding hydrogens is 302 g/mol. The van der Waals surface area contributed by atoms with Gasteiger partial charge in [0, 0.05) is 25.6 Å². The predicted octanol–water partition coefficient (Wildman–Crippen LogP) is 3.03. The zero-order valence-corrected chi connectivity index (χ0v) is 13.9. The number of nitrogens with zero attached hydrogens (tertiary/aromatic N) is 1. The maximum Gasteiger partial charge on any atom is 0.257 e. The molecule has 1 fully saturated rings. The van der Waals surface area contributed by atoms with Crippen LogP contribution in [0.25, 0.3) is 0 Å². The summed E-state index contributed by atoms with van der Waals surface area (Å²) in [5, 5.41) is 9.26. The van der Waals surface area contributed by atoms with Crippen LogP contribution in [0.4, 0.5) is 0 Å². The molecule has 4 nitrogen and oxygen atoms in total. The Labute approximate surface area is 142 Å². The van der Waals surface area contributed by atoms with E-state index in [2.05, 4.69) is 13.0 Å². The summed E-state index contributed by atoms with van der Waals surface area (Å²) in [6, 6.07) is 15.5. The third-order valence-electron chi connectivity index (χ3n) is 4.59. The van der Waals surface area contributed by atoms with Crippen LogP contribution in [-0.2, 0) is 6.61 Å². The van der Waals surface area contributed by atoms with Crippen molar-refractivity contribution in [3.05, 3.63) is 65.2 Å². The second-order valence-corrected chi connectivity index (χ2v) is 6.30. The van der Waals surface area contributed by atoms with E-state index in [4.69, 9.17) is 4.74 Å². The van der Waals surface area contributed by atoms with Crippen molar-refractivity contribution in [1.82, 2.24) is 4.90 Å². The third kappa shape index (κ3) is 3.60. The number of carbonyl (C=O) groups excluding carboxylic acids is 1. The SMILES string of the molecule is Cc1ccccc1COc1ccccc1C(=O)N1CCC(CO)C1. The molecule has 126 valence electrons. The Hall–Kier alpha value is -2.33. The normalized spacial score (nSPS) is 17.1. The van der Waals surface area contributed by atoms with E-state index in [1.54, 1.807) is 4.90 Å². The molecule has 1 unspecified atom stereocenters. The molecule has 0 saturated carbocycles. The van der Waals surface area contributed by atoms with E-state index in [0.717, 1.165) is 12.0 Å². The molecule has 1 amide bonds. The van der Waals surface area contributed by atoms with Gasteiger partial charge in [0.05, 0.1) is 5.56 Å². The highest BCUT2D eigenvalue weighted by Crippen LogP contribution is 2.25. The lowest BCUT2D eigenvalue weighted by Gasteiger charge is -2.18. The average Bonchev–Trinajstić information content (AvgIpc) is 3.10. The number of likely N-dealkylation sites (tertiary alicyclic amines) is 1. The number of ether oxygens (including phenoxy) is 1. The van der Waals surface area contributed by atoms with Crippen LogP contribution in [0.15, 0.2) is 48.5 Å². The van der Waals surface area contributed by atoms with Crippen LogP contribution in [0.5, 0.6) is 5.75 Å². The zero-order valence-electron chi connectivity index (χ0n) is 13.9. The molecule has 24 heavy (non-hydrogen) atoms. The minimum absolute atomic E-state index is 0.0219. The smallest absolute Gasteiger partial charge is 0.257 e. The largest absolute Gasteiger partial charge is 0.488 e. The van der Waals surface area contributed by atoms with Gasteiger partial charge in [-0.15, -0.1) is 0 Å². The fourth-order valence-electron chi connectivity index (χ4n) is 3.03. The molecular formula is C20H23NO3. The number of para-hydroxylation sites is 1. The molecule has 0 bridgehead atoms. The molecule has 1 saturated heterocycles. The van der Waals surface area contributed by atoms with E-state index >= 15 is 0 Å². The van der Waals surface area contributed by atoms with Gasteiger partial charge in [0.25, 0.3) is 5.91 Å². The lowest BCUT2D eigenvalue weighted by molar-refractivity contribution is 0.0777. The Morgan fingerprint density at radius 2 is 1.96 bits per heavy atom. The fourth-order valence-corrected chi connectivity index (χ4v) is 3.03. The predicted molar refractivity (Wildman–Crippen MR) is 93.0 cm³/mol. The Morgan fingerprint density at radius 3 is 2.71 bits per heavy atom. The van der Waals surface area contributed by atoms with Crippen molar-refractivity contribution in [3.63, 3.8) is 0 Å². The lowest BCUT2D eigenvalue weighted by Crippen LogP contribution is -2.29. The minimum atomic E-state index is -0.0219. The van der Waals surface area contributed by atoms with Crippen LogP contribution in [-0.4, -0.2) is 35.6 Å². The highest BCUT2D eigenvalue weighted by molar-refractivity contribution is 5.97. The second kappa shape index (κ2) is 7.49. The topological polar surface area (TPSA) is 49.8 Å². The van der Waals surface area contributed by atoms with Gasteiger partial charge in [0.2, 0.25) is 0 Å². The lowest BCUT2D eigenvalue weighted by atomic mass is 10.1. The van der Waals surface area contributed by atoms with E-state index in [1.807, 2.05) is 42.5 Å². The van der Waals surface area contributed by atoms with Crippen LogP contribution >= 0.6 is 0 Å². The summed E-state index contributed by atoms with van der Waals surface area (Å²) in [6.45, 7) is 3.93. The van der Waals surface area contributed by atoms with Crippen molar-refractivity contribution in [2.45, 2.75) is 20.0 Å². The number of hydrogen-bond donors (Lipinski definition) is 1. The van der Waals surface area contributed by atoms with Gasteiger partial charge in [-0.2, -0.15) is 0 Å². The van der Waals surface area contributed by atoms with E-state index in [9.17, 15) is 9.90 Å². The number of rotatable bonds is 5. The summed E-state index contributed by atoms with van der Waals surface area (Å²) in [5.74, 6) is 0.776. The molecule has 0 aliphatic carbocycles. The van der Waals surface area contributed by atoms with Gasteiger partial charge in [-0.3, -0.25) is 4.79 Å². The van der Waals surface area contributed by atoms with Crippen molar-refractivity contribution in [2.75, 3.05) is 19.7 Å². The zero-order chi connectivity index (χ0) is 16.9. The van der Waals surface area contributed by atoms with E-state index < -0.39 is 0 Å². The highest BCUT2D eigenvalue weighted by atomic mass is 16.5. The number of aryl methyl sites for hydroxylation is 1. The second-order valence-electron chi connectivity index (χ2n) is 6.30. The number of amides is 1. The summed E-state index contributed by atoms with van der Waals surface area (Å²) in [5.41, 5.74) is 2.87. The van der Waals surface area contributed by atoms with Gasteiger partial charge in [-0.25, -0.2) is 0 Å². The molecule has 2 aromatic rings. The summed E-state index contributed by atoms with van der Waals surface area (Å²) in [7, 11) is 0. The molecule has 3 rings (SSSR count). The summed E-state index contributed by atoms with van der Waals surface area (Å²) < 4.78 is 5.94. The number of benzene rings is 2. The van der Waals surface area contributed by atoms with Gasteiger partial charge in [0.15, 0.2) is 0 Å². The quantitative estimate of drug-likeness (QED) is 0.919. The first-order valence-corrected chi connectivity index (χ1v) is 8.35. The van der Waals surface area contributed by atoms with Gasteiger partial charge in [-0.05, 0) is 36.6 Å². The minimum Gasteiger partial charge on any atom is -0.488 e. The monoisotopic (exact) mass is 325 g/mol. The van der Waals surface area contributed by atoms with E-state index in [0.29, 0.717) is 31.0 Å². The molecule has 1 atom stereocenters. The summed E-state index contributed by atoms with van der Waals surface area (Å²) in [4.78, 5) is 14.6. The first kappa shape index (κ1) is 16.5. The maximum absolute atomic E-state index is 12.8. The molecule has 1 heterocycles. The van der Waals surface area contributed by atoms with E-state index in [1.165, 1.54) is 5.56 Å². The van der Waals surface area contributed by atoms with Crippen molar-refractivity contribution in [2.24, 2.45) is 5.92 Å². The molecule has 0 aromatic heterocycles. The Kier molecular flexibility index (Phi) is 5.16. The molecule has 1 N–H and O–H groups in total. The van der Waals surface area contributed by atoms with Crippen molar-refractivity contribution >= 4 is 5.91 Å². The first-order valence-electron chi connectivity index (χ1n) is 8.35. The average molecular weight is 325 g/mol. The molecule has 0 spiro atoms. The molecule has 4 heteroatoms. The molecule has 1 aliphatic rings. The number of hydrogen-bond acceptors (Lipinski definition) is 3. The van der Waals surface area contributed by atoms with Crippen LogP contribution in [0.2, 0.25) is 0 Å². The van der Waals surface area contributed by atoms with Gasteiger partial charge >= 0.3 is 0 Å². The maximum atomic E-state index is 12.8. The van der Waals surface area contributed by atoms with Crippen LogP contribution in [0, 0.1) is 12.8 Å². The summed E-state index contributed by atoms with van der Waals surface area (Å²) >= 11 is 0. The Bertz CT molecular complexity index is 714. The highest BCUT2D eigenvalue weighted by Gasteiger charge is 2.27. The molecule has 2 aromatic carbocycles. The van der Waals surface area contributed by atoms with Crippen LogP contribution in [0.1, 0.15) is 27.9 Å². The van der Waals surface area contributed by atoms with Crippen LogP contribution < -0.4 is 4.74 Å². The number of aliphatic hydroxyl groups is 1. The molecule has 0 radical (unpaired) electrons. The first-order chi connectivity index (χ1) is 11.7. The van der Waals surface area contributed by atoms with Crippen molar-refractivity contribution in [1.29, 1.82) is 0 Å². The third-order valence-corrected chi connectivity index (χ3v) is 4.59. The van der Waals surface area contributed by atoms with Gasteiger partial charge in [0.1, 0.15) is 12.4 Å². The van der Waals surface area contributed by atoms with Gasteiger partial charge in [-0.1, -0.05) is 36.4 Å². The number of carbonyl (C=O) groups is 1. The van der Waals surface area contributed by atoms with Gasteiger partial charge < -0.3 is 14.7 Å². The van der Waals surface area contributed by atoms with E-state index in [-0.39, 0.29) is 18.4 Å². The Balaban J connectivity index is 1.73. The van der Waals surface area contributed by atoms with Crippen molar-refractivity contribution < 1.29 is 14.6 Å². The standard InChI is InChI=1S/C20H23NO3/c1-15-6-2-3-7-17(15)14-24-19-9-5-4-8-18(19)20(23)21-11-10-16(12-21)13-22/h2-9,16,22H,10-14H2,1H3. The number of aliphatic hydroxyl groups excluding tert-OH is 1. The molecule has 1 aliphatic heterocycles. The Morgan fingerprint density at radius 1 is 1.21 bits per heavy atom. The van der Waals surface area contributed by atoms with Crippen molar-refractivity contribution in [3.8, 4) is 5.75 Å². The fraction of sp³-hybridized carbons (Fsp3) is 0.350.